The first kappa shape index (κ1) is 12.4. The zero-order chi connectivity index (χ0) is 13.0. The highest BCUT2D eigenvalue weighted by atomic mass is 35.5. The summed E-state index contributed by atoms with van der Waals surface area (Å²) in [4.78, 5) is 0. The minimum Gasteiger partial charge on any atom is -0.494 e. The van der Waals surface area contributed by atoms with Crippen LogP contribution in [0.1, 0.15) is 0 Å². The molecule has 2 rings (SSSR count). The molecule has 2 aromatic carbocycles. The molecular formula is C13H12ClN3O. The Bertz CT molecular complexity index is 567. The Labute approximate surface area is 110 Å². The lowest BCUT2D eigenvalue weighted by Gasteiger charge is -2.03. The molecule has 0 saturated heterocycles. The van der Waals surface area contributed by atoms with E-state index in [0.717, 1.165) is 0 Å². The molecular weight excluding hydrogens is 250 g/mol. The molecule has 0 aliphatic carbocycles. The molecule has 4 nitrogen and oxygen atoms in total. The number of hydrogen-bond donors (Lipinski definition) is 1. The van der Waals surface area contributed by atoms with E-state index < -0.39 is 0 Å². The van der Waals surface area contributed by atoms with Crippen LogP contribution >= 0.6 is 11.6 Å². The lowest BCUT2D eigenvalue weighted by Crippen LogP contribution is -1.82. The molecule has 0 saturated carbocycles. The summed E-state index contributed by atoms with van der Waals surface area (Å²) in [6.07, 6.45) is 0. The molecule has 0 atom stereocenters. The Balaban J connectivity index is 2.27. The summed E-state index contributed by atoms with van der Waals surface area (Å²) in [6.45, 7) is 0. The molecule has 0 fully saturated rings. The first-order chi connectivity index (χ1) is 8.69. The molecule has 0 radical (unpaired) electrons. The van der Waals surface area contributed by atoms with Crippen LogP contribution in [0, 0.1) is 0 Å². The molecule has 5 heteroatoms. The fourth-order valence-corrected chi connectivity index (χ4v) is 1.56. The minimum atomic E-state index is 0.585. The monoisotopic (exact) mass is 261 g/mol. The van der Waals surface area contributed by atoms with Gasteiger partial charge >= 0.3 is 0 Å². The topological polar surface area (TPSA) is 60.0 Å². The number of nitrogens with two attached hydrogens (primary N) is 1. The second kappa shape index (κ2) is 5.51. The molecule has 0 unspecified atom stereocenters. The Kier molecular flexibility index (Phi) is 3.79. The van der Waals surface area contributed by atoms with E-state index in [9.17, 15) is 0 Å². The number of halogens is 1. The average Bonchev–Trinajstić information content (AvgIpc) is 2.38. The number of benzene rings is 2. The van der Waals surface area contributed by atoms with E-state index in [4.69, 9.17) is 22.1 Å². The molecule has 0 heterocycles. The van der Waals surface area contributed by atoms with E-state index in [1.807, 2.05) is 0 Å². The van der Waals surface area contributed by atoms with Gasteiger partial charge in [-0.1, -0.05) is 11.6 Å². The zero-order valence-corrected chi connectivity index (χ0v) is 10.6. The van der Waals surface area contributed by atoms with Gasteiger partial charge in [0.1, 0.15) is 11.4 Å². The van der Waals surface area contributed by atoms with E-state index in [1.54, 1.807) is 49.6 Å². The number of methoxy groups -OCH3 is 1. The van der Waals surface area contributed by atoms with Gasteiger partial charge in [-0.2, -0.15) is 5.11 Å². The maximum atomic E-state index is 5.90. The number of rotatable bonds is 3. The van der Waals surface area contributed by atoms with Crippen LogP contribution in [-0.2, 0) is 0 Å². The van der Waals surface area contributed by atoms with Crippen LogP contribution in [0.3, 0.4) is 0 Å². The molecule has 92 valence electrons. The highest BCUT2D eigenvalue weighted by molar-refractivity contribution is 6.30. The SMILES string of the molecule is COc1ccc(Cl)cc1/N=N/c1ccc(N)cc1. The van der Waals surface area contributed by atoms with Gasteiger partial charge in [-0.15, -0.1) is 5.11 Å². The molecule has 2 aromatic rings. The van der Waals surface area contributed by atoms with Crippen molar-refractivity contribution >= 4 is 28.7 Å². The van der Waals surface area contributed by atoms with Gasteiger partial charge in [-0.05, 0) is 42.5 Å². The highest BCUT2D eigenvalue weighted by Crippen LogP contribution is 2.31. The first-order valence-electron chi connectivity index (χ1n) is 5.30. The van der Waals surface area contributed by atoms with Crippen LogP contribution in [0.4, 0.5) is 17.1 Å². The normalized spacial score (nSPS) is 10.8. The van der Waals surface area contributed by atoms with Gasteiger partial charge in [0.15, 0.2) is 0 Å². The van der Waals surface area contributed by atoms with E-state index in [-0.39, 0.29) is 0 Å². The summed E-state index contributed by atoms with van der Waals surface area (Å²) in [5, 5.41) is 8.80. The summed E-state index contributed by atoms with van der Waals surface area (Å²) in [5.41, 5.74) is 7.58. The van der Waals surface area contributed by atoms with Gasteiger partial charge in [0.2, 0.25) is 0 Å². The van der Waals surface area contributed by atoms with Crippen molar-refractivity contribution in [2.75, 3.05) is 12.8 Å². The van der Waals surface area contributed by atoms with Gasteiger partial charge < -0.3 is 10.5 Å². The van der Waals surface area contributed by atoms with Crippen LogP contribution in [0.2, 0.25) is 5.02 Å². The standard InChI is InChI=1S/C13H12ClN3O/c1-18-13-7-2-9(14)8-12(13)17-16-11-5-3-10(15)4-6-11/h2-8H,15H2,1H3/b17-16+. The van der Waals surface area contributed by atoms with Crippen molar-refractivity contribution in [1.82, 2.24) is 0 Å². The smallest absolute Gasteiger partial charge is 0.146 e. The third-order valence-electron chi connectivity index (χ3n) is 2.31. The Morgan fingerprint density at radius 1 is 1.06 bits per heavy atom. The van der Waals surface area contributed by atoms with Crippen LogP contribution in [-0.4, -0.2) is 7.11 Å². The molecule has 2 N–H and O–H groups in total. The Hall–Kier alpha value is -2.07. The van der Waals surface area contributed by atoms with E-state index >= 15 is 0 Å². The Morgan fingerprint density at radius 3 is 2.44 bits per heavy atom. The van der Waals surface area contributed by atoms with Crippen molar-refractivity contribution in [3.8, 4) is 5.75 Å². The molecule has 0 amide bonds. The predicted octanol–water partition coefficient (Wildman–Crippen LogP) is 4.35. The maximum absolute atomic E-state index is 5.90. The van der Waals surface area contributed by atoms with Crippen molar-refractivity contribution in [2.45, 2.75) is 0 Å². The van der Waals surface area contributed by atoms with Crippen molar-refractivity contribution < 1.29 is 4.74 Å². The largest absolute Gasteiger partial charge is 0.494 e. The fourth-order valence-electron chi connectivity index (χ4n) is 1.39. The van der Waals surface area contributed by atoms with Crippen molar-refractivity contribution in [1.29, 1.82) is 0 Å². The zero-order valence-electron chi connectivity index (χ0n) is 9.80. The third kappa shape index (κ3) is 2.99. The molecule has 0 spiro atoms. The first-order valence-corrected chi connectivity index (χ1v) is 5.67. The average molecular weight is 262 g/mol. The van der Waals surface area contributed by atoms with E-state index in [2.05, 4.69) is 10.2 Å². The van der Waals surface area contributed by atoms with Crippen molar-refractivity contribution in [2.24, 2.45) is 10.2 Å². The number of hydrogen-bond acceptors (Lipinski definition) is 4. The van der Waals surface area contributed by atoms with Crippen molar-refractivity contribution in [3.05, 3.63) is 47.5 Å². The lowest BCUT2D eigenvalue weighted by molar-refractivity contribution is 0.416. The van der Waals surface area contributed by atoms with Crippen LogP contribution in [0.25, 0.3) is 0 Å². The van der Waals surface area contributed by atoms with Gasteiger partial charge in [0.25, 0.3) is 0 Å². The highest BCUT2D eigenvalue weighted by Gasteiger charge is 2.02. The van der Waals surface area contributed by atoms with Crippen LogP contribution < -0.4 is 10.5 Å². The summed E-state index contributed by atoms with van der Waals surface area (Å²) >= 11 is 5.90. The Morgan fingerprint density at radius 2 is 1.78 bits per heavy atom. The summed E-state index contributed by atoms with van der Waals surface area (Å²) in [7, 11) is 1.57. The number of anilines is 1. The van der Waals surface area contributed by atoms with Crippen LogP contribution in [0.15, 0.2) is 52.7 Å². The molecule has 0 aromatic heterocycles. The lowest BCUT2D eigenvalue weighted by atomic mass is 10.3. The van der Waals surface area contributed by atoms with Gasteiger partial charge in [-0.3, -0.25) is 0 Å². The molecule has 0 aliphatic heterocycles. The van der Waals surface area contributed by atoms with Crippen LogP contribution in [0.5, 0.6) is 5.75 Å². The molecule has 18 heavy (non-hydrogen) atoms. The number of ether oxygens (including phenoxy) is 1. The van der Waals surface area contributed by atoms with Gasteiger partial charge in [0.05, 0.1) is 12.8 Å². The number of nitrogens with zero attached hydrogens (tertiary/aromatic N) is 2. The van der Waals surface area contributed by atoms with Crippen molar-refractivity contribution in [3.63, 3.8) is 0 Å². The second-order valence-electron chi connectivity index (χ2n) is 3.61. The van der Waals surface area contributed by atoms with E-state index in [1.165, 1.54) is 0 Å². The van der Waals surface area contributed by atoms with Gasteiger partial charge in [-0.25, -0.2) is 0 Å². The minimum absolute atomic E-state index is 0.585. The van der Waals surface area contributed by atoms with Gasteiger partial charge in [0, 0.05) is 10.7 Å². The molecule has 0 bridgehead atoms. The summed E-state index contributed by atoms with van der Waals surface area (Å²) in [5.74, 6) is 0.624. The summed E-state index contributed by atoms with van der Waals surface area (Å²) in [6, 6.07) is 12.3. The number of nitrogen functional groups attached to an aromatic ring is 1. The number of azo groups is 1. The predicted molar refractivity (Wildman–Crippen MR) is 73.0 cm³/mol. The third-order valence-corrected chi connectivity index (χ3v) is 2.54. The maximum Gasteiger partial charge on any atom is 0.146 e. The fraction of sp³-hybridized carbons (Fsp3) is 0.0769. The molecule has 0 aliphatic rings. The quantitative estimate of drug-likeness (QED) is 0.660. The summed E-state index contributed by atoms with van der Waals surface area (Å²) < 4.78 is 5.18. The second-order valence-corrected chi connectivity index (χ2v) is 4.04. The van der Waals surface area contributed by atoms with E-state index in [0.29, 0.717) is 27.8 Å².